The van der Waals surface area contributed by atoms with Crippen molar-refractivity contribution in [2.45, 2.75) is 25.9 Å². The van der Waals surface area contributed by atoms with Crippen molar-refractivity contribution in [1.82, 2.24) is 5.32 Å². The van der Waals surface area contributed by atoms with Crippen LogP contribution in [0.25, 0.3) is 0 Å². The summed E-state index contributed by atoms with van der Waals surface area (Å²) in [5, 5.41) is 13.6. The van der Waals surface area contributed by atoms with E-state index in [0.717, 1.165) is 16.5 Å². The lowest BCUT2D eigenvalue weighted by molar-refractivity contribution is 0.459. The van der Waals surface area contributed by atoms with Gasteiger partial charge in [-0.3, -0.25) is 0 Å². The van der Waals surface area contributed by atoms with Crippen LogP contribution in [-0.4, -0.2) is 11.1 Å². The maximum Gasteiger partial charge on any atom is 0.138 e. The first-order valence-corrected chi connectivity index (χ1v) is 7.67. The zero-order valence-corrected chi connectivity index (χ0v) is 13.6. The van der Waals surface area contributed by atoms with E-state index in [1.165, 1.54) is 5.56 Å². The van der Waals surface area contributed by atoms with E-state index in [-0.39, 0.29) is 5.75 Å². The van der Waals surface area contributed by atoms with Gasteiger partial charge in [0.15, 0.2) is 0 Å². The van der Waals surface area contributed by atoms with Gasteiger partial charge in [-0.25, -0.2) is 0 Å². The first-order valence-electron chi connectivity index (χ1n) is 6.50. The molecule has 2 N–H and O–H groups in total. The lowest BCUT2D eigenvalue weighted by Gasteiger charge is -2.15. The molecule has 2 nitrogen and oxygen atoms in total. The minimum Gasteiger partial charge on any atom is -0.506 e. The van der Waals surface area contributed by atoms with Crippen LogP contribution in [0.5, 0.6) is 5.75 Å². The summed E-state index contributed by atoms with van der Waals surface area (Å²) in [6, 6.07) is 14.0. The van der Waals surface area contributed by atoms with Crippen molar-refractivity contribution >= 4 is 27.5 Å². The molecular formula is C16H17BrClNO. The predicted molar refractivity (Wildman–Crippen MR) is 87.3 cm³/mol. The van der Waals surface area contributed by atoms with Crippen LogP contribution in [0.3, 0.4) is 0 Å². The number of nitrogens with one attached hydrogen (secondary N) is 1. The molecule has 0 spiro atoms. The Balaban J connectivity index is 1.90. The Hall–Kier alpha value is -1.03. The lowest BCUT2D eigenvalue weighted by atomic mass is 10.1. The van der Waals surface area contributed by atoms with E-state index in [0.29, 0.717) is 17.6 Å². The minimum atomic E-state index is 0.164. The van der Waals surface area contributed by atoms with Gasteiger partial charge in [0.1, 0.15) is 5.75 Å². The van der Waals surface area contributed by atoms with Crippen molar-refractivity contribution in [2.24, 2.45) is 0 Å². The molecule has 0 radical (unpaired) electrons. The normalized spacial score (nSPS) is 12.3. The standard InChI is InChI=1S/C16H17BrClNO/c1-11(9-12-5-7-14(17)8-6-12)19-10-13-3-2-4-15(18)16(13)20/h2-8,11,19-20H,9-10H2,1H3. The van der Waals surface area contributed by atoms with Gasteiger partial charge in [-0.2, -0.15) is 0 Å². The van der Waals surface area contributed by atoms with E-state index >= 15 is 0 Å². The number of hydrogen-bond acceptors (Lipinski definition) is 2. The average Bonchev–Trinajstić information content (AvgIpc) is 2.43. The Morgan fingerprint density at radius 3 is 2.60 bits per heavy atom. The number of benzene rings is 2. The number of halogens is 2. The molecule has 106 valence electrons. The molecule has 2 aromatic carbocycles. The Morgan fingerprint density at radius 2 is 1.90 bits per heavy atom. The summed E-state index contributed by atoms with van der Waals surface area (Å²) in [4.78, 5) is 0. The molecule has 0 aliphatic carbocycles. The molecule has 0 bridgehead atoms. The molecule has 0 fully saturated rings. The summed E-state index contributed by atoms with van der Waals surface area (Å²) in [7, 11) is 0. The van der Waals surface area contributed by atoms with Crippen molar-refractivity contribution in [3.8, 4) is 5.75 Å². The minimum absolute atomic E-state index is 0.164. The van der Waals surface area contributed by atoms with Gasteiger partial charge < -0.3 is 10.4 Å². The summed E-state index contributed by atoms with van der Waals surface area (Å²) in [6.45, 7) is 2.73. The molecule has 2 aromatic rings. The van der Waals surface area contributed by atoms with Gasteiger partial charge in [-0.15, -0.1) is 0 Å². The molecule has 4 heteroatoms. The van der Waals surface area contributed by atoms with Gasteiger partial charge in [0.2, 0.25) is 0 Å². The fraction of sp³-hybridized carbons (Fsp3) is 0.250. The highest BCUT2D eigenvalue weighted by molar-refractivity contribution is 9.10. The smallest absolute Gasteiger partial charge is 0.138 e. The van der Waals surface area contributed by atoms with E-state index < -0.39 is 0 Å². The van der Waals surface area contributed by atoms with E-state index in [1.54, 1.807) is 6.07 Å². The van der Waals surface area contributed by atoms with Crippen LogP contribution in [0.15, 0.2) is 46.9 Å². The van der Waals surface area contributed by atoms with Crippen LogP contribution >= 0.6 is 27.5 Å². The zero-order chi connectivity index (χ0) is 14.5. The van der Waals surface area contributed by atoms with Crippen molar-refractivity contribution in [2.75, 3.05) is 0 Å². The maximum absolute atomic E-state index is 9.85. The summed E-state index contributed by atoms with van der Waals surface area (Å²) in [5.74, 6) is 0.164. The molecule has 0 aromatic heterocycles. The summed E-state index contributed by atoms with van der Waals surface area (Å²) in [5.41, 5.74) is 2.10. The summed E-state index contributed by atoms with van der Waals surface area (Å²) in [6.07, 6.45) is 0.939. The lowest BCUT2D eigenvalue weighted by Crippen LogP contribution is -2.27. The van der Waals surface area contributed by atoms with Crippen LogP contribution in [0, 0.1) is 0 Å². The topological polar surface area (TPSA) is 32.3 Å². The van der Waals surface area contributed by atoms with E-state index in [2.05, 4.69) is 40.3 Å². The number of hydrogen-bond donors (Lipinski definition) is 2. The largest absolute Gasteiger partial charge is 0.506 e. The highest BCUT2D eigenvalue weighted by Crippen LogP contribution is 2.26. The van der Waals surface area contributed by atoms with Gasteiger partial charge in [0, 0.05) is 22.6 Å². The molecular weight excluding hydrogens is 338 g/mol. The molecule has 0 aliphatic heterocycles. The first-order chi connectivity index (χ1) is 9.56. The molecule has 20 heavy (non-hydrogen) atoms. The molecule has 0 amide bonds. The molecule has 0 aliphatic rings. The van der Waals surface area contributed by atoms with E-state index in [9.17, 15) is 5.11 Å². The first kappa shape index (κ1) is 15.4. The molecule has 0 heterocycles. The number of para-hydroxylation sites is 1. The van der Waals surface area contributed by atoms with Crippen LogP contribution < -0.4 is 5.32 Å². The summed E-state index contributed by atoms with van der Waals surface area (Å²) < 4.78 is 1.09. The molecule has 0 saturated carbocycles. The Labute approximate surface area is 132 Å². The molecule has 1 unspecified atom stereocenters. The highest BCUT2D eigenvalue weighted by Gasteiger charge is 2.07. The Morgan fingerprint density at radius 1 is 1.20 bits per heavy atom. The second kappa shape index (κ2) is 7.11. The summed E-state index contributed by atoms with van der Waals surface area (Å²) >= 11 is 9.32. The maximum atomic E-state index is 9.85. The SMILES string of the molecule is CC(Cc1ccc(Br)cc1)NCc1cccc(Cl)c1O. The van der Waals surface area contributed by atoms with Crippen LogP contribution in [0.2, 0.25) is 5.02 Å². The number of rotatable bonds is 5. The zero-order valence-electron chi connectivity index (χ0n) is 11.2. The van der Waals surface area contributed by atoms with Crippen molar-refractivity contribution < 1.29 is 5.11 Å². The fourth-order valence-electron chi connectivity index (χ4n) is 2.03. The highest BCUT2D eigenvalue weighted by atomic mass is 79.9. The van der Waals surface area contributed by atoms with Gasteiger partial charge in [0.05, 0.1) is 5.02 Å². The molecule has 0 saturated heterocycles. The van der Waals surface area contributed by atoms with Crippen molar-refractivity contribution in [1.29, 1.82) is 0 Å². The second-order valence-corrected chi connectivity index (χ2v) is 6.18. The quantitative estimate of drug-likeness (QED) is 0.827. The third kappa shape index (κ3) is 4.23. The predicted octanol–water partition coefficient (Wildman–Crippen LogP) is 4.53. The van der Waals surface area contributed by atoms with Gasteiger partial charge in [0.25, 0.3) is 0 Å². The van der Waals surface area contributed by atoms with E-state index in [1.807, 2.05) is 24.3 Å². The molecule has 1 atom stereocenters. The van der Waals surface area contributed by atoms with E-state index in [4.69, 9.17) is 11.6 Å². The average molecular weight is 355 g/mol. The Kier molecular flexibility index (Phi) is 5.46. The third-order valence-corrected chi connectivity index (χ3v) is 4.00. The van der Waals surface area contributed by atoms with Crippen LogP contribution in [0.4, 0.5) is 0 Å². The number of phenolic OH excluding ortho intramolecular Hbond substituents is 1. The number of phenols is 1. The third-order valence-electron chi connectivity index (χ3n) is 3.17. The van der Waals surface area contributed by atoms with Gasteiger partial charge >= 0.3 is 0 Å². The number of aromatic hydroxyl groups is 1. The monoisotopic (exact) mass is 353 g/mol. The van der Waals surface area contributed by atoms with Crippen molar-refractivity contribution in [3.05, 3.63) is 63.1 Å². The fourth-order valence-corrected chi connectivity index (χ4v) is 2.49. The van der Waals surface area contributed by atoms with Gasteiger partial charge in [-0.05, 0) is 37.1 Å². The second-order valence-electron chi connectivity index (χ2n) is 4.86. The van der Waals surface area contributed by atoms with Crippen molar-refractivity contribution in [3.63, 3.8) is 0 Å². The van der Waals surface area contributed by atoms with Crippen LogP contribution in [-0.2, 0) is 13.0 Å². The molecule has 2 rings (SSSR count). The van der Waals surface area contributed by atoms with Crippen LogP contribution in [0.1, 0.15) is 18.1 Å². The van der Waals surface area contributed by atoms with Gasteiger partial charge in [-0.1, -0.05) is 51.8 Å². The Bertz CT molecular complexity index is 571.